The molecule has 0 aromatic heterocycles. The summed E-state index contributed by atoms with van der Waals surface area (Å²) >= 11 is 0. The molecule has 55 heavy (non-hydrogen) atoms. The number of carboxylic acid groups (broad SMARTS) is 1. The number of quaternary nitrogens is 1. The molecule has 0 heterocycles. The van der Waals surface area contributed by atoms with Crippen LogP contribution in [-0.2, 0) is 33.3 Å². The Morgan fingerprint density at radius 1 is 0.545 bits per heavy atom. The van der Waals surface area contributed by atoms with Crippen LogP contribution in [-0.4, -0.2) is 82.3 Å². The summed E-state index contributed by atoms with van der Waals surface area (Å²) in [7, 11) is 5.90. The Labute approximate surface area is 337 Å². The van der Waals surface area contributed by atoms with Crippen LogP contribution in [0.25, 0.3) is 0 Å². The largest absolute Gasteiger partial charge is 0.545 e. The molecule has 0 aromatic rings. The Morgan fingerprint density at radius 2 is 1.00 bits per heavy atom. The quantitative estimate of drug-likeness (QED) is 0.0199. The number of ether oxygens (including phenoxy) is 4. The van der Waals surface area contributed by atoms with Crippen LogP contribution in [0, 0.1) is 0 Å². The van der Waals surface area contributed by atoms with Gasteiger partial charge in [0.05, 0.1) is 40.3 Å². The number of nitrogens with zero attached hydrogens (tertiary/aromatic N) is 1. The van der Waals surface area contributed by atoms with E-state index in [-0.39, 0.29) is 38.6 Å². The minimum atomic E-state index is -1.62. The predicted molar refractivity (Wildman–Crippen MR) is 223 cm³/mol. The molecule has 0 saturated heterocycles. The van der Waals surface area contributed by atoms with Crippen LogP contribution < -0.4 is 5.11 Å². The van der Waals surface area contributed by atoms with E-state index in [4.69, 9.17) is 18.9 Å². The molecule has 9 heteroatoms. The molecule has 0 fully saturated rings. The van der Waals surface area contributed by atoms with Crippen molar-refractivity contribution >= 4 is 17.9 Å². The SMILES string of the molecule is CCCC/C=C\CCCCCCCC(=O)OCC(COC(OCC[N+](C)(C)C)C(=O)[O-])OC(=O)CCCCCCCCCCC/C=C\C/C=C\CCCCC. The molecule has 320 valence electrons. The second kappa shape index (κ2) is 38.4. The smallest absolute Gasteiger partial charge is 0.306 e. The van der Waals surface area contributed by atoms with Crippen LogP contribution in [0.3, 0.4) is 0 Å². The fourth-order valence-electron chi connectivity index (χ4n) is 5.84. The van der Waals surface area contributed by atoms with Crippen LogP contribution in [0.4, 0.5) is 0 Å². The van der Waals surface area contributed by atoms with E-state index in [1.807, 2.05) is 21.1 Å². The van der Waals surface area contributed by atoms with Gasteiger partial charge >= 0.3 is 11.9 Å². The third-order valence-electron chi connectivity index (χ3n) is 9.36. The minimum absolute atomic E-state index is 0.145. The number of allylic oxidation sites excluding steroid dienone is 6. The third kappa shape index (κ3) is 39.5. The first kappa shape index (κ1) is 52.5. The third-order valence-corrected chi connectivity index (χ3v) is 9.36. The van der Waals surface area contributed by atoms with Crippen molar-refractivity contribution in [2.24, 2.45) is 0 Å². The van der Waals surface area contributed by atoms with Crippen molar-refractivity contribution in [2.75, 3.05) is 47.5 Å². The molecule has 0 aliphatic carbocycles. The highest BCUT2D eigenvalue weighted by Gasteiger charge is 2.21. The maximum atomic E-state index is 12.7. The summed E-state index contributed by atoms with van der Waals surface area (Å²) in [6.45, 7) is 4.65. The first-order chi connectivity index (χ1) is 26.6. The number of carbonyl (C=O) groups is 3. The van der Waals surface area contributed by atoms with Crippen molar-refractivity contribution in [1.82, 2.24) is 0 Å². The van der Waals surface area contributed by atoms with Crippen molar-refractivity contribution in [1.29, 1.82) is 0 Å². The van der Waals surface area contributed by atoms with E-state index in [1.165, 1.54) is 70.6 Å². The van der Waals surface area contributed by atoms with Gasteiger partial charge in [-0.25, -0.2) is 0 Å². The normalized spacial score (nSPS) is 13.3. The molecule has 2 unspecified atom stereocenters. The maximum absolute atomic E-state index is 12.7. The highest BCUT2D eigenvalue weighted by molar-refractivity contribution is 5.70. The Morgan fingerprint density at radius 3 is 1.51 bits per heavy atom. The zero-order chi connectivity index (χ0) is 40.7. The van der Waals surface area contributed by atoms with E-state index >= 15 is 0 Å². The zero-order valence-corrected chi connectivity index (χ0v) is 36.0. The van der Waals surface area contributed by atoms with E-state index in [2.05, 4.69) is 50.3 Å². The number of hydrogen-bond donors (Lipinski definition) is 0. The number of rotatable bonds is 40. The molecule has 2 atom stereocenters. The van der Waals surface area contributed by atoms with Crippen molar-refractivity contribution in [3.05, 3.63) is 36.5 Å². The van der Waals surface area contributed by atoms with Crippen molar-refractivity contribution < 1.29 is 42.9 Å². The minimum Gasteiger partial charge on any atom is -0.545 e. The number of likely N-dealkylation sites (N-methyl/N-ethyl adjacent to an activating group) is 1. The lowest BCUT2D eigenvalue weighted by atomic mass is 10.1. The highest BCUT2D eigenvalue weighted by atomic mass is 16.7. The second-order valence-corrected chi connectivity index (χ2v) is 16.0. The summed E-state index contributed by atoms with van der Waals surface area (Å²) in [5.41, 5.74) is 0. The molecule has 0 aliphatic heterocycles. The molecule has 0 spiro atoms. The van der Waals surface area contributed by atoms with E-state index in [0.717, 1.165) is 77.0 Å². The molecule has 0 radical (unpaired) electrons. The first-order valence-corrected chi connectivity index (χ1v) is 22.1. The summed E-state index contributed by atoms with van der Waals surface area (Å²) in [5.74, 6) is -2.30. The lowest BCUT2D eigenvalue weighted by Gasteiger charge is -2.26. The average Bonchev–Trinajstić information content (AvgIpc) is 3.14. The number of aliphatic carboxylic acids is 1. The lowest BCUT2D eigenvalue weighted by molar-refractivity contribution is -0.870. The van der Waals surface area contributed by atoms with Crippen LogP contribution in [0.2, 0.25) is 0 Å². The molecular weight excluding hydrogens is 695 g/mol. The Hall–Kier alpha value is -2.49. The van der Waals surface area contributed by atoms with E-state index in [1.54, 1.807) is 0 Å². The standard InChI is InChI=1S/C46H83NO8/c1-6-8-10-12-14-16-18-19-20-21-22-23-24-25-27-29-31-33-35-37-44(49)55-42(41-54-46(45(50)51)52-39-38-47(3,4)5)40-53-43(48)36-34-32-30-28-26-17-15-13-11-9-7-2/h13-16,19-20,42,46H,6-12,17-18,21-41H2,1-5H3/b15-13-,16-14-,20-19-. The van der Waals surface area contributed by atoms with Crippen LogP contribution in [0.15, 0.2) is 36.5 Å². The van der Waals surface area contributed by atoms with Gasteiger partial charge in [-0.1, -0.05) is 140 Å². The van der Waals surface area contributed by atoms with Crippen molar-refractivity contribution in [3.63, 3.8) is 0 Å². The fraction of sp³-hybridized carbons (Fsp3) is 0.804. The number of unbranched alkanes of at least 4 members (excludes halogenated alkanes) is 19. The Bertz CT molecular complexity index is 1000. The van der Waals surface area contributed by atoms with Crippen molar-refractivity contribution in [2.45, 2.75) is 193 Å². The second-order valence-electron chi connectivity index (χ2n) is 16.0. The fourth-order valence-corrected chi connectivity index (χ4v) is 5.84. The summed E-state index contributed by atoms with van der Waals surface area (Å²) in [5, 5.41) is 11.7. The molecule has 0 saturated carbocycles. The predicted octanol–water partition coefficient (Wildman–Crippen LogP) is 10.1. The molecule has 0 rings (SSSR count). The lowest BCUT2D eigenvalue weighted by Crippen LogP contribution is -2.44. The monoisotopic (exact) mass is 778 g/mol. The number of hydrogen-bond acceptors (Lipinski definition) is 8. The topological polar surface area (TPSA) is 111 Å². The molecular formula is C46H83NO8. The van der Waals surface area contributed by atoms with Gasteiger partial charge in [0.2, 0.25) is 0 Å². The van der Waals surface area contributed by atoms with Gasteiger partial charge in [0, 0.05) is 12.8 Å². The first-order valence-electron chi connectivity index (χ1n) is 22.1. The van der Waals surface area contributed by atoms with Gasteiger partial charge in [0.1, 0.15) is 13.2 Å². The Kier molecular flexibility index (Phi) is 36.6. The zero-order valence-electron chi connectivity index (χ0n) is 36.0. The van der Waals surface area contributed by atoms with Crippen LogP contribution >= 0.6 is 0 Å². The van der Waals surface area contributed by atoms with Gasteiger partial charge in [-0.2, -0.15) is 0 Å². The molecule has 0 aliphatic rings. The van der Waals surface area contributed by atoms with Gasteiger partial charge in [-0.15, -0.1) is 0 Å². The summed E-state index contributed by atoms with van der Waals surface area (Å²) < 4.78 is 22.5. The molecule has 0 bridgehead atoms. The maximum Gasteiger partial charge on any atom is 0.306 e. The summed E-state index contributed by atoms with van der Waals surface area (Å²) in [6.07, 6.45) is 38.9. The van der Waals surface area contributed by atoms with E-state index in [9.17, 15) is 19.5 Å². The van der Waals surface area contributed by atoms with Crippen LogP contribution in [0.5, 0.6) is 0 Å². The van der Waals surface area contributed by atoms with E-state index < -0.39 is 24.3 Å². The number of esters is 2. The van der Waals surface area contributed by atoms with Gasteiger partial charge in [-0.3, -0.25) is 9.59 Å². The number of carboxylic acids is 1. The van der Waals surface area contributed by atoms with Gasteiger partial charge < -0.3 is 33.3 Å². The molecule has 0 aromatic carbocycles. The summed E-state index contributed by atoms with van der Waals surface area (Å²) in [4.78, 5) is 36.9. The average molecular weight is 778 g/mol. The van der Waals surface area contributed by atoms with Gasteiger partial charge in [0.15, 0.2) is 12.4 Å². The summed E-state index contributed by atoms with van der Waals surface area (Å²) in [6, 6.07) is 0. The van der Waals surface area contributed by atoms with Crippen molar-refractivity contribution in [3.8, 4) is 0 Å². The Balaban J connectivity index is 4.42. The van der Waals surface area contributed by atoms with Gasteiger partial charge in [0.25, 0.3) is 0 Å². The van der Waals surface area contributed by atoms with Crippen LogP contribution in [0.1, 0.15) is 181 Å². The van der Waals surface area contributed by atoms with Gasteiger partial charge in [-0.05, 0) is 64.2 Å². The molecule has 9 nitrogen and oxygen atoms in total. The van der Waals surface area contributed by atoms with E-state index in [0.29, 0.717) is 17.4 Å². The molecule has 0 N–H and O–H groups in total. The highest BCUT2D eigenvalue weighted by Crippen LogP contribution is 2.14. The number of carbonyl (C=O) groups excluding carboxylic acids is 3. The molecule has 0 amide bonds.